The molecule has 0 aliphatic carbocycles. The summed E-state index contributed by atoms with van der Waals surface area (Å²) in [5.74, 6) is -1.50. The van der Waals surface area contributed by atoms with E-state index in [1.807, 2.05) is 25.1 Å². The fourth-order valence-electron chi connectivity index (χ4n) is 3.01. The Balaban J connectivity index is 1.63. The molecular formula is C20H17F2N5O. The summed E-state index contributed by atoms with van der Waals surface area (Å²) in [4.78, 5) is 8.73. The number of hydrogen-bond acceptors (Lipinski definition) is 5. The smallest absolute Gasteiger partial charge is 0.159 e. The Kier molecular flexibility index (Phi) is 4.70. The number of aromatic nitrogens is 4. The maximum absolute atomic E-state index is 13.5. The first-order valence-corrected chi connectivity index (χ1v) is 8.64. The van der Waals surface area contributed by atoms with Crippen molar-refractivity contribution in [2.24, 2.45) is 0 Å². The van der Waals surface area contributed by atoms with Gasteiger partial charge in [-0.2, -0.15) is 5.10 Å². The summed E-state index contributed by atoms with van der Waals surface area (Å²) in [5, 5.41) is 20.8. The van der Waals surface area contributed by atoms with E-state index in [0.29, 0.717) is 17.1 Å². The van der Waals surface area contributed by atoms with Gasteiger partial charge in [-0.3, -0.25) is 10.1 Å². The lowest BCUT2D eigenvalue weighted by molar-refractivity contribution is 0.275. The predicted octanol–water partition coefficient (Wildman–Crippen LogP) is 3.75. The third kappa shape index (κ3) is 3.41. The number of nitrogens with one attached hydrogen (secondary N) is 2. The van der Waals surface area contributed by atoms with Gasteiger partial charge >= 0.3 is 0 Å². The molecular weight excluding hydrogens is 364 g/mol. The molecule has 0 amide bonds. The zero-order valence-corrected chi connectivity index (χ0v) is 14.9. The molecule has 4 rings (SSSR count). The molecule has 1 unspecified atom stereocenters. The van der Waals surface area contributed by atoms with E-state index in [-0.39, 0.29) is 6.61 Å². The summed E-state index contributed by atoms with van der Waals surface area (Å²) in [6.07, 6.45) is 3.14. The summed E-state index contributed by atoms with van der Waals surface area (Å²) in [6.45, 7) is 1.62. The third-order valence-electron chi connectivity index (χ3n) is 4.53. The van der Waals surface area contributed by atoms with Crippen LogP contribution in [0.4, 0.5) is 14.6 Å². The van der Waals surface area contributed by atoms with E-state index in [4.69, 9.17) is 0 Å². The van der Waals surface area contributed by atoms with Gasteiger partial charge in [0.2, 0.25) is 0 Å². The lowest BCUT2D eigenvalue weighted by Crippen LogP contribution is -2.16. The number of anilines is 1. The first-order valence-electron chi connectivity index (χ1n) is 8.64. The summed E-state index contributed by atoms with van der Waals surface area (Å²) in [6, 6.07) is 8.61. The maximum atomic E-state index is 13.5. The first-order chi connectivity index (χ1) is 13.5. The van der Waals surface area contributed by atoms with Crippen molar-refractivity contribution < 1.29 is 13.9 Å². The second-order valence-corrected chi connectivity index (χ2v) is 6.42. The van der Waals surface area contributed by atoms with Crippen LogP contribution in [0.1, 0.15) is 17.3 Å². The van der Waals surface area contributed by atoms with Gasteiger partial charge in [0.15, 0.2) is 11.6 Å². The fraction of sp³-hybridized carbons (Fsp3) is 0.150. The zero-order chi connectivity index (χ0) is 19.7. The van der Waals surface area contributed by atoms with Crippen molar-refractivity contribution in [1.82, 2.24) is 20.2 Å². The second-order valence-electron chi connectivity index (χ2n) is 6.42. The lowest BCUT2D eigenvalue weighted by Gasteiger charge is -2.17. The van der Waals surface area contributed by atoms with Crippen LogP contribution in [0.3, 0.4) is 0 Å². The van der Waals surface area contributed by atoms with Crippen molar-refractivity contribution in [1.29, 1.82) is 0 Å². The van der Waals surface area contributed by atoms with Crippen LogP contribution in [-0.2, 0) is 0 Å². The van der Waals surface area contributed by atoms with Gasteiger partial charge < -0.3 is 10.4 Å². The van der Waals surface area contributed by atoms with Gasteiger partial charge in [0.1, 0.15) is 5.82 Å². The van der Waals surface area contributed by atoms with Crippen molar-refractivity contribution in [3.05, 3.63) is 71.7 Å². The lowest BCUT2D eigenvalue weighted by atomic mass is 10.1. The molecule has 0 bridgehead atoms. The number of aromatic amines is 1. The number of halogens is 2. The molecule has 2 aromatic heterocycles. The maximum Gasteiger partial charge on any atom is 0.159 e. The molecule has 6 nitrogen and oxygen atoms in total. The minimum Gasteiger partial charge on any atom is -0.394 e. The molecule has 4 aromatic rings. The Hall–Kier alpha value is -3.39. The minimum atomic E-state index is -0.971. The number of aliphatic hydroxyl groups is 1. The van der Waals surface area contributed by atoms with Crippen LogP contribution in [0.25, 0.3) is 22.2 Å². The van der Waals surface area contributed by atoms with Crippen molar-refractivity contribution in [3.63, 3.8) is 0 Å². The standard InChI is InChI=1S/C20H17F2N5O/c1-11-14-6-12(3-5-17(14)27-26-11)18-8-23-9-20(24-18)25-19(10-28)13-2-4-15(21)16(22)7-13/h2-9,19,28H,10H2,1H3,(H,24,25)(H,26,27). The summed E-state index contributed by atoms with van der Waals surface area (Å²) >= 11 is 0. The van der Waals surface area contributed by atoms with Crippen LogP contribution in [0.15, 0.2) is 48.8 Å². The highest BCUT2D eigenvalue weighted by Crippen LogP contribution is 2.25. The molecule has 0 aliphatic rings. The van der Waals surface area contributed by atoms with Crippen LogP contribution < -0.4 is 5.32 Å². The molecule has 0 saturated carbocycles. The number of aryl methyl sites for hydroxylation is 1. The van der Waals surface area contributed by atoms with Gasteiger partial charge in [-0.05, 0) is 36.8 Å². The topological polar surface area (TPSA) is 86.7 Å². The molecule has 1 atom stereocenters. The predicted molar refractivity (Wildman–Crippen MR) is 102 cm³/mol. The number of rotatable bonds is 5. The van der Waals surface area contributed by atoms with Crippen LogP contribution >= 0.6 is 0 Å². The normalized spacial score (nSPS) is 12.3. The van der Waals surface area contributed by atoms with Gasteiger partial charge in [-0.25, -0.2) is 13.8 Å². The van der Waals surface area contributed by atoms with Crippen molar-refractivity contribution in [2.45, 2.75) is 13.0 Å². The molecule has 0 saturated heterocycles. The Morgan fingerprint density at radius 1 is 1.11 bits per heavy atom. The molecule has 28 heavy (non-hydrogen) atoms. The van der Waals surface area contributed by atoms with Gasteiger partial charge in [-0.1, -0.05) is 12.1 Å². The fourth-order valence-corrected chi connectivity index (χ4v) is 3.01. The van der Waals surface area contributed by atoms with E-state index < -0.39 is 17.7 Å². The SMILES string of the molecule is Cc1[nH]nc2ccc(-c3cncc(NC(CO)c4ccc(F)c(F)c4)n3)cc12. The van der Waals surface area contributed by atoms with E-state index in [9.17, 15) is 13.9 Å². The number of aliphatic hydroxyl groups excluding tert-OH is 1. The molecule has 0 radical (unpaired) electrons. The van der Waals surface area contributed by atoms with Crippen molar-refractivity contribution in [3.8, 4) is 11.3 Å². The summed E-state index contributed by atoms with van der Waals surface area (Å²) in [5.41, 5.74) is 3.72. The Labute approximate surface area is 159 Å². The van der Waals surface area contributed by atoms with Gasteiger partial charge in [0.25, 0.3) is 0 Å². The number of H-pyrrole nitrogens is 1. The summed E-state index contributed by atoms with van der Waals surface area (Å²) in [7, 11) is 0. The number of nitrogens with zero attached hydrogens (tertiary/aromatic N) is 3. The van der Waals surface area contributed by atoms with E-state index in [2.05, 4.69) is 25.5 Å². The van der Waals surface area contributed by atoms with E-state index in [1.165, 1.54) is 12.3 Å². The molecule has 3 N–H and O–H groups in total. The third-order valence-corrected chi connectivity index (χ3v) is 4.53. The molecule has 8 heteroatoms. The molecule has 2 aromatic carbocycles. The van der Waals surface area contributed by atoms with Crippen molar-refractivity contribution in [2.75, 3.05) is 11.9 Å². The van der Waals surface area contributed by atoms with E-state index >= 15 is 0 Å². The van der Waals surface area contributed by atoms with Crippen molar-refractivity contribution >= 4 is 16.7 Å². The van der Waals surface area contributed by atoms with Crippen LogP contribution in [0.2, 0.25) is 0 Å². The average Bonchev–Trinajstić information content (AvgIpc) is 3.09. The Morgan fingerprint density at radius 2 is 1.96 bits per heavy atom. The number of benzene rings is 2. The zero-order valence-electron chi connectivity index (χ0n) is 14.9. The van der Waals surface area contributed by atoms with Gasteiger partial charge in [-0.15, -0.1) is 0 Å². The molecule has 0 fully saturated rings. The van der Waals surface area contributed by atoms with E-state index in [1.54, 1.807) is 6.20 Å². The molecule has 2 heterocycles. The monoisotopic (exact) mass is 381 g/mol. The highest BCUT2D eigenvalue weighted by Gasteiger charge is 2.14. The first kappa shape index (κ1) is 18.0. The highest BCUT2D eigenvalue weighted by atomic mass is 19.2. The number of fused-ring (bicyclic) bond motifs is 1. The quantitative estimate of drug-likeness (QED) is 0.490. The molecule has 142 valence electrons. The van der Waals surface area contributed by atoms with E-state index in [0.717, 1.165) is 34.3 Å². The number of hydrogen-bond donors (Lipinski definition) is 3. The largest absolute Gasteiger partial charge is 0.394 e. The van der Waals surface area contributed by atoms with Crippen LogP contribution in [0, 0.1) is 18.6 Å². The molecule has 0 aliphatic heterocycles. The highest BCUT2D eigenvalue weighted by molar-refractivity contribution is 5.85. The van der Waals surface area contributed by atoms with Crippen LogP contribution in [0.5, 0.6) is 0 Å². The second kappa shape index (κ2) is 7.32. The minimum absolute atomic E-state index is 0.322. The average molecular weight is 381 g/mol. The van der Waals surface area contributed by atoms with Gasteiger partial charge in [0.05, 0.1) is 36.3 Å². The van der Waals surface area contributed by atoms with Gasteiger partial charge in [0, 0.05) is 16.6 Å². The molecule has 0 spiro atoms. The summed E-state index contributed by atoms with van der Waals surface area (Å²) < 4.78 is 26.7. The van der Waals surface area contributed by atoms with Crippen LogP contribution in [-0.4, -0.2) is 31.9 Å². The Bertz CT molecular complexity index is 1140. The Morgan fingerprint density at radius 3 is 2.75 bits per heavy atom.